The third-order valence-corrected chi connectivity index (χ3v) is 4.04. The van der Waals surface area contributed by atoms with Crippen LogP contribution in [0.25, 0.3) is 0 Å². The minimum atomic E-state index is -0.404. The molecule has 1 heterocycles. The Morgan fingerprint density at radius 1 is 1.30 bits per heavy atom. The molecule has 0 fully saturated rings. The molecule has 1 atom stereocenters. The van der Waals surface area contributed by atoms with Crippen molar-refractivity contribution in [1.29, 1.82) is 0 Å². The summed E-state index contributed by atoms with van der Waals surface area (Å²) in [4.78, 5) is 0. The highest BCUT2D eigenvalue weighted by atomic mass is 35.5. The van der Waals surface area contributed by atoms with Gasteiger partial charge in [0.05, 0.1) is 11.6 Å². The van der Waals surface area contributed by atoms with E-state index in [2.05, 4.69) is 6.07 Å². The fourth-order valence-electron chi connectivity index (χ4n) is 2.50. The molecule has 0 saturated heterocycles. The quantitative estimate of drug-likeness (QED) is 0.937. The first-order valence-electron chi connectivity index (χ1n) is 6.59. The summed E-state index contributed by atoms with van der Waals surface area (Å²) in [6.07, 6.45) is 1.42. The van der Waals surface area contributed by atoms with Crippen LogP contribution in [0.3, 0.4) is 0 Å². The number of fused-ring (bicyclic) bond motifs is 1. The first-order chi connectivity index (χ1) is 9.65. The van der Waals surface area contributed by atoms with Crippen LogP contribution in [0.2, 0.25) is 5.02 Å². The van der Waals surface area contributed by atoms with E-state index < -0.39 is 5.82 Å². The van der Waals surface area contributed by atoms with Crippen LogP contribution in [0.4, 0.5) is 4.39 Å². The third kappa shape index (κ3) is 2.51. The zero-order valence-corrected chi connectivity index (χ0v) is 11.7. The first kappa shape index (κ1) is 13.4. The number of nitrogens with two attached hydrogens (primary N) is 1. The van der Waals surface area contributed by atoms with E-state index in [0.717, 1.165) is 29.9 Å². The van der Waals surface area contributed by atoms with Crippen LogP contribution >= 0.6 is 11.6 Å². The molecule has 0 saturated carbocycles. The van der Waals surface area contributed by atoms with Crippen molar-refractivity contribution in [2.75, 3.05) is 6.61 Å². The van der Waals surface area contributed by atoms with Crippen molar-refractivity contribution in [2.45, 2.75) is 18.9 Å². The Hall–Kier alpha value is -1.58. The van der Waals surface area contributed by atoms with E-state index >= 15 is 0 Å². The molecule has 0 spiro atoms. The minimum Gasteiger partial charge on any atom is -0.493 e. The molecule has 104 valence electrons. The maximum absolute atomic E-state index is 13.4. The maximum atomic E-state index is 13.4. The summed E-state index contributed by atoms with van der Waals surface area (Å²) in [5.41, 5.74) is 9.16. The van der Waals surface area contributed by atoms with Gasteiger partial charge in [0.25, 0.3) is 0 Å². The van der Waals surface area contributed by atoms with E-state index in [9.17, 15) is 4.39 Å². The summed E-state index contributed by atoms with van der Waals surface area (Å²) in [6, 6.07) is 10.6. The van der Waals surface area contributed by atoms with Gasteiger partial charge >= 0.3 is 0 Å². The normalized spacial score (nSPS) is 14.8. The Kier molecular flexibility index (Phi) is 3.64. The molecule has 2 aromatic carbocycles. The lowest BCUT2D eigenvalue weighted by Crippen LogP contribution is -2.14. The Morgan fingerprint density at radius 2 is 2.15 bits per heavy atom. The lowest BCUT2D eigenvalue weighted by molar-refractivity contribution is 0.357. The molecule has 1 unspecified atom stereocenters. The number of ether oxygens (including phenoxy) is 1. The van der Waals surface area contributed by atoms with Gasteiger partial charge in [-0.2, -0.15) is 0 Å². The monoisotopic (exact) mass is 291 g/mol. The summed E-state index contributed by atoms with van der Waals surface area (Å²) < 4.78 is 18.9. The van der Waals surface area contributed by atoms with Gasteiger partial charge in [0, 0.05) is 12.5 Å². The molecule has 0 radical (unpaired) electrons. The van der Waals surface area contributed by atoms with E-state index in [1.165, 1.54) is 11.6 Å². The van der Waals surface area contributed by atoms with Gasteiger partial charge in [0.15, 0.2) is 0 Å². The third-order valence-electron chi connectivity index (χ3n) is 3.61. The molecule has 0 aliphatic carbocycles. The second-order valence-electron chi connectivity index (χ2n) is 4.99. The molecule has 0 aromatic heterocycles. The molecule has 20 heavy (non-hydrogen) atoms. The predicted octanol–water partition coefficient (Wildman–Crippen LogP) is 3.66. The van der Waals surface area contributed by atoms with E-state index in [1.807, 2.05) is 18.2 Å². The highest BCUT2D eigenvalue weighted by Gasteiger charge is 2.16. The van der Waals surface area contributed by atoms with Crippen molar-refractivity contribution in [3.05, 3.63) is 63.9 Å². The molecule has 2 N–H and O–H groups in total. The predicted molar refractivity (Wildman–Crippen MR) is 77.7 cm³/mol. The lowest BCUT2D eigenvalue weighted by atomic mass is 9.97. The molecular weight excluding hydrogens is 277 g/mol. The summed E-state index contributed by atoms with van der Waals surface area (Å²) in [6.45, 7) is 0.726. The number of rotatable bonds is 3. The Labute approximate surface area is 122 Å². The number of benzene rings is 2. The minimum absolute atomic E-state index is 0.160. The van der Waals surface area contributed by atoms with Gasteiger partial charge in [-0.1, -0.05) is 35.9 Å². The SMILES string of the molecule is NC(Cc1cccc(F)c1Cl)c1ccc2c(c1)CCO2. The lowest BCUT2D eigenvalue weighted by Gasteiger charge is -2.14. The second-order valence-corrected chi connectivity index (χ2v) is 5.37. The maximum Gasteiger partial charge on any atom is 0.142 e. The summed E-state index contributed by atoms with van der Waals surface area (Å²) in [5.74, 6) is 0.531. The van der Waals surface area contributed by atoms with Crippen molar-refractivity contribution in [2.24, 2.45) is 5.73 Å². The zero-order valence-electron chi connectivity index (χ0n) is 10.9. The highest BCUT2D eigenvalue weighted by molar-refractivity contribution is 6.31. The van der Waals surface area contributed by atoms with Crippen LogP contribution in [0.15, 0.2) is 36.4 Å². The van der Waals surface area contributed by atoms with Gasteiger partial charge < -0.3 is 10.5 Å². The van der Waals surface area contributed by atoms with Crippen molar-refractivity contribution < 1.29 is 9.13 Å². The second kappa shape index (κ2) is 5.43. The average Bonchev–Trinajstić information content (AvgIpc) is 2.91. The summed E-state index contributed by atoms with van der Waals surface area (Å²) in [7, 11) is 0. The van der Waals surface area contributed by atoms with Gasteiger partial charge in [-0.05, 0) is 35.2 Å². The van der Waals surface area contributed by atoms with E-state index in [0.29, 0.717) is 6.42 Å². The molecule has 4 heteroatoms. The standard InChI is InChI=1S/C16H15ClFNO/c17-16-12(2-1-3-13(16)18)9-14(19)10-4-5-15-11(8-10)6-7-20-15/h1-5,8,14H,6-7,9,19H2. The molecule has 0 amide bonds. The Bertz CT molecular complexity index is 644. The largest absolute Gasteiger partial charge is 0.493 e. The van der Waals surface area contributed by atoms with Crippen molar-refractivity contribution >= 4 is 11.6 Å². The fourth-order valence-corrected chi connectivity index (χ4v) is 2.70. The van der Waals surface area contributed by atoms with Crippen molar-refractivity contribution in [3.63, 3.8) is 0 Å². The summed E-state index contributed by atoms with van der Waals surface area (Å²) >= 11 is 5.97. The van der Waals surface area contributed by atoms with Crippen LogP contribution in [-0.4, -0.2) is 6.61 Å². The molecule has 2 aromatic rings. The van der Waals surface area contributed by atoms with Gasteiger partial charge in [-0.25, -0.2) is 4.39 Å². The van der Waals surface area contributed by atoms with Crippen molar-refractivity contribution in [1.82, 2.24) is 0 Å². The fraction of sp³-hybridized carbons (Fsp3) is 0.250. The smallest absolute Gasteiger partial charge is 0.142 e. The number of hydrogen-bond donors (Lipinski definition) is 1. The van der Waals surface area contributed by atoms with Crippen LogP contribution in [0, 0.1) is 5.82 Å². The van der Waals surface area contributed by atoms with Gasteiger partial charge in [-0.15, -0.1) is 0 Å². The number of hydrogen-bond acceptors (Lipinski definition) is 2. The van der Waals surface area contributed by atoms with Crippen LogP contribution < -0.4 is 10.5 Å². The molecule has 0 bridgehead atoms. The van der Waals surface area contributed by atoms with Crippen LogP contribution in [-0.2, 0) is 12.8 Å². The van der Waals surface area contributed by atoms with Crippen molar-refractivity contribution in [3.8, 4) is 5.75 Å². The summed E-state index contributed by atoms with van der Waals surface area (Å²) in [5, 5.41) is 0.160. The molecular formula is C16H15ClFNO. The van der Waals surface area contributed by atoms with Crippen LogP contribution in [0.5, 0.6) is 5.75 Å². The Morgan fingerprint density at radius 3 is 3.00 bits per heavy atom. The first-order valence-corrected chi connectivity index (χ1v) is 6.97. The molecule has 1 aliphatic heterocycles. The van der Waals surface area contributed by atoms with Gasteiger partial charge in [0.2, 0.25) is 0 Å². The number of halogens is 2. The van der Waals surface area contributed by atoms with E-state index in [-0.39, 0.29) is 11.1 Å². The van der Waals surface area contributed by atoms with Crippen LogP contribution in [0.1, 0.15) is 22.7 Å². The van der Waals surface area contributed by atoms with E-state index in [1.54, 1.807) is 6.07 Å². The molecule has 1 aliphatic rings. The molecule has 3 rings (SSSR count). The average molecular weight is 292 g/mol. The zero-order chi connectivity index (χ0) is 14.1. The highest BCUT2D eigenvalue weighted by Crippen LogP contribution is 2.30. The van der Waals surface area contributed by atoms with Gasteiger partial charge in [-0.3, -0.25) is 0 Å². The Balaban J connectivity index is 1.82. The topological polar surface area (TPSA) is 35.2 Å². The molecule has 2 nitrogen and oxygen atoms in total. The van der Waals surface area contributed by atoms with E-state index in [4.69, 9.17) is 22.1 Å². The van der Waals surface area contributed by atoms with Gasteiger partial charge in [0.1, 0.15) is 11.6 Å².